The van der Waals surface area contributed by atoms with Crippen molar-refractivity contribution in [2.75, 3.05) is 24.8 Å². The summed E-state index contributed by atoms with van der Waals surface area (Å²) in [6.07, 6.45) is 0. The lowest BCUT2D eigenvalue weighted by Gasteiger charge is -2.07. The van der Waals surface area contributed by atoms with E-state index in [0.717, 1.165) is 16.6 Å². The number of thiophene rings is 1. The summed E-state index contributed by atoms with van der Waals surface area (Å²) in [5.74, 6) is -0.730. The van der Waals surface area contributed by atoms with Crippen LogP contribution in [0.15, 0.2) is 30.3 Å². The molecule has 3 N–H and O–H groups in total. The Morgan fingerprint density at radius 1 is 1.25 bits per heavy atom. The molecule has 0 radical (unpaired) electrons. The van der Waals surface area contributed by atoms with Gasteiger partial charge in [-0.3, -0.25) is 4.79 Å². The largest absolute Gasteiger partial charge is 0.462 e. The SMILES string of the molecule is CCOC(=O)c1ccc(NC(=O)c2sc3nc(C)cc(COC)c3c2N)cc1. The summed E-state index contributed by atoms with van der Waals surface area (Å²) in [7, 11) is 1.61. The van der Waals surface area contributed by atoms with E-state index in [9.17, 15) is 9.59 Å². The Hall–Kier alpha value is -2.97. The molecule has 2 aromatic heterocycles. The lowest BCUT2D eigenvalue weighted by molar-refractivity contribution is 0.0526. The number of aromatic nitrogens is 1. The highest BCUT2D eigenvalue weighted by molar-refractivity contribution is 7.21. The molecule has 8 heteroatoms. The maximum absolute atomic E-state index is 12.7. The van der Waals surface area contributed by atoms with Crippen molar-refractivity contribution in [2.24, 2.45) is 0 Å². The van der Waals surface area contributed by atoms with Crippen LogP contribution >= 0.6 is 11.3 Å². The number of pyridine rings is 1. The minimum atomic E-state index is -0.402. The molecule has 0 saturated heterocycles. The van der Waals surface area contributed by atoms with E-state index >= 15 is 0 Å². The second-order valence-electron chi connectivity index (χ2n) is 6.13. The standard InChI is InChI=1S/C20H21N3O4S/c1-4-27-20(25)12-5-7-14(8-6-12)23-18(24)17-16(21)15-13(10-26-3)9-11(2)22-19(15)28-17/h5-9H,4,10,21H2,1-3H3,(H,23,24). The van der Waals surface area contributed by atoms with Gasteiger partial charge in [0.1, 0.15) is 9.71 Å². The Kier molecular flexibility index (Phi) is 5.91. The molecule has 146 valence electrons. The van der Waals surface area contributed by atoms with Crippen molar-refractivity contribution in [3.63, 3.8) is 0 Å². The van der Waals surface area contributed by atoms with Gasteiger partial charge in [0.2, 0.25) is 0 Å². The average molecular weight is 399 g/mol. The van der Waals surface area contributed by atoms with Crippen LogP contribution in [-0.4, -0.2) is 30.6 Å². The van der Waals surface area contributed by atoms with Crippen molar-refractivity contribution in [2.45, 2.75) is 20.5 Å². The van der Waals surface area contributed by atoms with Crippen LogP contribution in [0.5, 0.6) is 0 Å². The molecule has 0 aliphatic heterocycles. The highest BCUT2D eigenvalue weighted by Crippen LogP contribution is 2.36. The maximum atomic E-state index is 12.7. The molecule has 28 heavy (non-hydrogen) atoms. The number of fused-ring (bicyclic) bond motifs is 1. The summed E-state index contributed by atoms with van der Waals surface area (Å²) >= 11 is 1.24. The fourth-order valence-corrected chi connectivity index (χ4v) is 3.95. The number of nitrogens with zero attached hydrogens (tertiary/aromatic N) is 1. The normalized spacial score (nSPS) is 10.8. The number of anilines is 2. The minimum Gasteiger partial charge on any atom is -0.462 e. The number of rotatable bonds is 6. The number of benzene rings is 1. The molecule has 0 saturated carbocycles. The van der Waals surface area contributed by atoms with E-state index in [-0.39, 0.29) is 5.91 Å². The van der Waals surface area contributed by atoms with Crippen LogP contribution < -0.4 is 11.1 Å². The zero-order valence-corrected chi connectivity index (χ0v) is 16.7. The number of carbonyl (C=O) groups excluding carboxylic acids is 2. The third-order valence-electron chi connectivity index (χ3n) is 4.07. The van der Waals surface area contributed by atoms with Gasteiger partial charge in [-0.1, -0.05) is 0 Å². The molecule has 0 aliphatic carbocycles. The van der Waals surface area contributed by atoms with Crippen LogP contribution in [0.2, 0.25) is 0 Å². The molecule has 7 nitrogen and oxygen atoms in total. The Morgan fingerprint density at radius 2 is 1.96 bits per heavy atom. The number of nitrogen functional groups attached to an aromatic ring is 1. The van der Waals surface area contributed by atoms with Crippen molar-refractivity contribution in [3.8, 4) is 0 Å². The highest BCUT2D eigenvalue weighted by Gasteiger charge is 2.20. The van der Waals surface area contributed by atoms with E-state index in [4.69, 9.17) is 15.2 Å². The Bertz CT molecular complexity index is 1030. The number of amides is 1. The highest BCUT2D eigenvalue weighted by atomic mass is 32.1. The van der Waals surface area contributed by atoms with E-state index < -0.39 is 5.97 Å². The van der Waals surface area contributed by atoms with Crippen LogP contribution in [0.3, 0.4) is 0 Å². The lowest BCUT2D eigenvalue weighted by atomic mass is 10.1. The molecule has 0 fully saturated rings. The van der Waals surface area contributed by atoms with Gasteiger partial charge in [0.15, 0.2) is 0 Å². The Labute approximate surface area is 166 Å². The quantitative estimate of drug-likeness (QED) is 0.612. The van der Waals surface area contributed by atoms with Crippen LogP contribution in [-0.2, 0) is 16.1 Å². The van der Waals surface area contributed by atoms with Crippen molar-refractivity contribution in [1.82, 2.24) is 4.98 Å². The van der Waals surface area contributed by atoms with Gasteiger partial charge in [0.05, 0.1) is 24.5 Å². The minimum absolute atomic E-state index is 0.307. The molecule has 0 atom stereocenters. The van der Waals surface area contributed by atoms with Crippen molar-refractivity contribution < 1.29 is 19.1 Å². The third kappa shape index (κ3) is 3.97. The van der Waals surface area contributed by atoms with Gasteiger partial charge in [-0.25, -0.2) is 9.78 Å². The number of hydrogen-bond acceptors (Lipinski definition) is 7. The van der Waals surface area contributed by atoms with Gasteiger partial charge in [0, 0.05) is 23.9 Å². The van der Waals surface area contributed by atoms with Crippen LogP contribution in [0.25, 0.3) is 10.2 Å². The topological polar surface area (TPSA) is 104 Å². The number of nitrogens with two attached hydrogens (primary N) is 1. The summed E-state index contributed by atoms with van der Waals surface area (Å²) in [6, 6.07) is 8.40. The molecule has 0 spiro atoms. The number of carbonyl (C=O) groups is 2. The lowest BCUT2D eigenvalue weighted by Crippen LogP contribution is -2.12. The van der Waals surface area contributed by atoms with Crippen LogP contribution in [0, 0.1) is 6.92 Å². The summed E-state index contributed by atoms with van der Waals surface area (Å²) < 4.78 is 10.2. The van der Waals surface area contributed by atoms with E-state index in [1.807, 2.05) is 13.0 Å². The van der Waals surface area contributed by atoms with E-state index in [1.54, 1.807) is 38.3 Å². The molecule has 0 unspecified atom stereocenters. The Balaban J connectivity index is 1.86. The molecule has 0 bridgehead atoms. The van der Waals surface area contributed by atoms with Gasteiger partial charge in [-0.2, -0.15) is 0 Å². The van der Waals surface area contributed by atoms with E-state index in [1.165, 1.54) is 11.3 Å². The monoisotopic (exact) mass is 399 g/mol. The van der Waals surface area contributed by atoms with Crippen LogP contribution in [0.4, 0.5) is 11.4 Å². The predicted octanol–water partition coefficient (Wildman–Crippen LogP) is 3.76. The van der Waals surface area contributed by atoms with Crippen molar-refractivity contribution in [3.05, 3.63) is 52.0 Å². The maximum Gasteiger partial charge on any atom is 0.338 e. The average Bonchev–Trinajstić information content (AvgIpc) is 2.99. The summed E-state index contributed by atoms with van der Waals surface area (Å²) in [4.78, 5) is 30.0. The third-order valence-corrected chi connectivity index (χ3v) is 5.17. The van der Waals surface area contributed by atoms with E-state index in [2.05, 4.69) is 10.3 Å². The fourth-order valence-electron chi connectivity index (χ4n) is 2.87. The number of ether oxygens (including phenoxy) is 2. The van der Waals surface area contributed by atoms with Crippen LogP contribution in [0.1, 0.15) is 38.2 Å². The summed E-state index contributed by atoms with van der Waals surface area (Å²) in [5, 5.41) is 3.55. The number of methoxy groups -OCH3 is 1. The molecule has 2 heterocycles. The number of hydrogen-bond donors (Lipinski definition) is 2. The first kappa shape index (κ1) is 19.8. The second-order valence-corrected chi connectivity index (χ2v) is 7.13. The smallest absolute Gasteiger partial charge is 0.338 e. The van der Waals surface area contributed by atoms with Gasteiger partial charge in [-0.15, -0.1) is 11.3 Å². The summed E-state index contributed by atoms with van der Waals surface area (Å²) in [6.45, 7) is 4.33. The molecule has 1 aromatic carbocycles. The molecular formula is C20H21N3O4S. The fraction of sp³-hybridized carbons (Fsp3) is 0.250. The molecule has 1 amide bonds. The molecular weight excluding hydrogens is 378 g/mol. The molecule has 3 rings (SSSR count). The summed E-state index contributed by atoms with van der Waals surface area (Å²) in [5.41, 5.74) is 9.36. The Morgan fingerprint density at radius 3 is 2.61 bits per heavy atom. The zero-order valence-electron chi connectivity index (χ0n) is 15.9. The van der Waals surface area contributed by atoms with Gasteiger partial charge in [-0.05, 0) is 49.7 Å². The van der Waals surface area contributed by atoms with Crippen molar-refractivity contribution >= 4 is 44.8 Å². The second kappa shape index (κ2) is 8.37. The molecule has 3 aromatic rings. The first-order chi connectivity index (χ1) is 13.4. The predicted molar refractivity (Wildman–Crippen MR) is 110 cm³/mol. The first-order valence-electron chi connectivity index (χ1n) is 8.70. The number of aryl methyl sites for hydroxylation is 1. The van der Waals surface area contributed by atoms with Crippen molar-refractivity contribution in [1.29, 1.82) is 0 Å². The zero-order chi connectivity index (χ0) is 20.3. The van der Waals surface area contributed by atoms with Gasteiger partial charge in [0.25, 0.3) is 5.91 Å². The van der Waals surface area contributed by atoms with Gasteiger partial charge < -0.3 is 20.5 Å². The number of nitrogens with one attached hydrogen (secondary N) is 1. The number of esters is 1. The van der Waals surface area contributed by atoms with E-state index in [0.29, 0.717) is 39.9 Å². The first-order valence-corrected chi connectivity index (χ1v) is 9.52. The van der Waals surface area contributed by atoms with Gasteiger partial charge >= 0.3 is 5.97 Å². The molecule has 0 aliphatic rings.